The molecule has 0 saturated carbocycles. The molecule has 4 heterocycles. The molecule has 9 nitrogen and oxygen atoms in total. The van der Waals surface area contributed by atoms with Crippen LogP contribution >= 0.6 is 0 Å². The minimum Gasteiger partial charge on any atom is -0.361 e. The maximum atomic E-state index is 13.3. The van der Waals surface area contributed by atoms with Crippen LogP contribution in [0.1, 0.15) is 34.1 Å². The van der Waals surface area contributed by atoms with Crippen LogP contribution in [0.15, 0.2) is 9.42 Å². The van der Waals surface area contributed by atoms with Crippen molar-refractivity contribution in [3.8, 4) is 11.3 Å². The fourth-order valence-corrected chi connectivity index (χ4v) is 5.57. The molecule has 1 aliphatic rings. The predicted molar refractivity (Wildman–Crippen MR) is 97.5 cm³/mol. The van der Waals surface area contributed by atoms with Crippen LogP contribution < -0.4 is 0 Å². The van der Waals surface area contributed by atoms with Gasteiger partial charge in [0.05, 0.1) is 22.6 Å². The zero-order valence-electron chi connectivity index (χ0n) is 16.0. The molecule has 0 bridgehead atoms. The molecule has 0 radical (unpaired) electrons. The molecule has 27 heavy (non-hydrogen) atoms. The molecule has 0 aromatic carbocycles. The van der Waals surface area contributed by atoms with Crippen molar-refractivity contribution in [1.29, 1.82) is 0 Å². The van der Waals surface area contributed by atoms with Gasteiger partial charge in [-0.1, -0.05) is 5.16 Å². The lowest BCUT2D eigenvalue weighted by Gasteiger charge is -2.26. The molecule has 0 unspecified atom stereocenters. The van der Waals surface area contributed by atoms with Gasteiger partial charge in [0.1, 0.15) is 16.3 Å². The van der Waals surface area contributed by atoms with Gasteiger partial charge in [-0.05, 0) is 27.7 Å². The van der Waals surface area contributed by atoms with E-state index in [0.29, 0.717) is 35.8 Å². The molecular formula is C17H22N6O3S. The molecule has 4 rings (SSSR count). The molecule has 0 amide bonds. The van der Waals surface area contributed by atoms with Crippen LogP contribution in [0.5, 0.6) is 0 Å². The molecular weight excluding hydrogens is 368 g/mol. The monoisotopic (exact) mass is 390 g/mol. The summed E-state index contributed by atoms with van der Waals surface area (Å²) in [6.45, 7) is 7.83. The maximum Gasteiger partial charge on any atom is 0.247 e. The van der Waals surface area contributed by atoms with Crippen molar-refractivity contribution in [2.24, 2.45) is 7.05 Å². The van der Waals surface area contributed by atoms with Gasteiger partial charge in [-0.3, -0.25) is 9.78 Å². The van der Waals surface area contributed by atoms with Crippen LogP contribution in [0.4, 0.5) is 0 Å². The van der Waals surface area contributed by atoms with Crippen molar-refractivity contribution >= 4 is 10.0 Å². The number of H-pyrrole nitrogens is 1. The number of nitrogens with zero attached hydrogens (tertiary/aromatic N) is 5. The van der Waals surface area contributed by atoms with Crippen LogP contribution in [0, 0.1) is 27.7 Å². The summed E-state index contributed by atoms with van der Waals surface area (Å²) in [6.07, 6.45) is 0.573. The van der Waals surface area contributed by atoms with Crippen LogP contribution in [-0.2, 0) is 30.0 Å². The first-order chi connectivity index (χ1) is 12.7. The van der Waals surface area contributed by atoms with Gasteiger partial charge in [0, 0.05) is 37.8 Å². The third-order valence-corrected chi connectivity index (χ3v) is 7.31. The topological polar surface area (TPSA) is 110 Å². The minimum atomic E-state index is -3.66. The van der Waals surface area contributed by atoms with E-state index in [9.17, 15) is 8.42 Å². The van der Waals surface area contributed by atoms with Crippen molar-refractivity contribution in [2.45, 2.75) is 45.6 Å². The number of sulfonamides is 1. The van der Waals surface area contributed by atoms with E-state index in [2.05, 4.69) is 20.5 Å². The molecule has 144 valence electrons. The van der Waals surface area contributed by atoms with Gasteiger partial charge in [0.15, 0.2) is 0 Å². The van der Waals surface area contributed by atoms with E-state index in [1.54, 1.807) is 25.6 Å². The largest absolute Gasteiger partial charge is 0.361 e. The van der Waals surface area contributed by atoms with E-state index in [4.69, 9.17) is 4.52 Å². The average Bonchev–Trinajstić information content (AvgIpc) is 3.24. The highest BCUT2D eigenvalue weighted by Gasteiger charge is 2.35. The molecule has 0 atom stereocenters. The summed E-state index contributed by atoms with van der Waals surface area (Å²) < 4.78 is 35.0. The Morgan fingerprint density at radius 2 is 1.89 bits per heavy atom. The summed E-state index contributed by atoms with van der Waals surface area (Å²) in [5, 5.41) is 15.7. The van der Waals surface area contributed by atoms with Crippen LogP contribution in [0.25, 0.3) is 11.3 Å². The summed E-state index contributed by atoms with van der Waals surface area (Å²) in [7, 11) is -1.91. The fourth-order valence-electron chi connectivity index (χ4n) is 3.76. The standard InChI is InChI=1S/C17H22N6O3S/c1-9-15(12(4)26-21-9)16-13-8-23(7-6-14(13)18-19-16)27(24,25)17-10(2)20-22(5)11(17)3/h6-8H2,1-5H3,(H,18,19). The van der Waals surface area contributed by atoms with Crippen LogP contribution in [0.3, 0.4) is 0 Å². The molecule has 1 N–H and O–H groups in total. The molecule has 3 aromatic rings. The van der Waals surface area contributed by atoms with E-state index in [1.807, 2.05) is 13.8 Å². The second-order valence-electron chi connectivity index (χ2n) is 6.94. The number of fused-ring (bicyclic) bond motifs is 1. The summed E-state index contributed by atoms with van der Waals surface area (Å²) in [6, 6.07) is 0. The number of hydrogen-bond acceptors (Lipinski definition) is 6. The van der Waals surface area contributed by atoms with E-state index < -0.39 is 10.0 Å². The first-order valence-corrected chi connectivity index (χ1v) is 10.2. The lowest BCUT2D eigenvalue weighted by atomic mass is 10.0. The van der Waals surface area contributed by atoms with Crippen molar-refractivity contribution in [2.75, 3.05) is 6.54 Å². The molecule has 1 aliphatic heterocycles. The number of aromatic amines is 1. The van der Waals surface area contributed by atoms with E-state index in [0.717, 1.165) is 22.5 Å². The van der Waals surface area contributed by atoms with E-state index in [-0.39, 0.29) is 11.4 Å². The summed E-state index contributed by atoms with van der Waals surface area (Å²) in [4.78, 5) is 0.288. The number of aromatic nitrogens is 5. The third-order valence-electron chi connectivity index (χ3n) is 5.21. The predicted octanol–water partition coefficient (Wildman–Crippen LogP) is 1.78. The van der Waals surface area contributed by atoms with E-state index >= 15 is 0 Å². The van der Waals surface area contributed by atoms with Gasteiger partial charge in [-0.25, -0.2) is 8.42 Å². The number of aryl methyl sites for hydroxylation is 4. The normalized spacial score (nSPS) is 15.3. The molecule has 10 heteroatoms. The summed E-state index contributed by atoms with van der Waals surface area (Å²) >= 11 is 0. The van der Waals surface area contributed by atoms with Gasteiger partial charge in [-0.2, -0.15) is 14.5 Å². The first kappa shape index (κ1) is 17.9. The van der Waals surface area contributed by atoms with Crippen LogP contribution in [-0.4, -0.2) is 44.4 Å². The Hall–Kier alpha value is -2.46. The SMILES string of the molecule is Cc1noc(C)c1-c1n[nH]c2c1CN(S(=O)(=O)c1c(C)nn(C)c1C)CC2. The number of hydrogen-bond donors (Lipinski definition) is 1. The molecule has 0 aliphatic carbocycles. The lowest BCUT2D eigenvalue weighted by Crippen LogP contribution is -2.36. The minimum absolute atomic E-state index is 0.251. The summed E-state index contributed by atoms with van der Waals surface area (Å²) in [5.41, 5.74) is 5.24. The molecule has 0 saturated heterocycles. The van der Waals surface area contributed by atoms with Gasteiger partial charge in [0.2, 0.25) is 10.0 Å². The van der Waals surface area contributed by atoms with Crippen molar-refractivity contribution in [3.05, 3.63) is 34.1 Å². The number of rotatable bonds is 3. The smallest absolute Gasteiger partial charge is 0.247 e. The Labute approximate surface area is 157 Å². The van der Waals surface area contributed by atoms with Crippen molar-refractivity contribution < 1.29 is 12.9 Å². The molecule has 3 aromatic heterocycles. The Bertz CT molecular complexity index is 1120. The zero-order valence-corrected chi connectivity index (χ0v) is 16.8. The van der Waals surface area contributed by atoms with Crippen molar-refractivity contribution in [3.63, 3.8) is 0 Å². The number of nitrogens with one attached hydrogen (secondary N) is 1. The van der Waals surface area contributed by atoms with Gasteiger partial charge >= 0.3 is 0 Å². The Balaban J connectivity index is 1.77. The lowest BCUT2D eigenvalue weighted by molar-refractivity contribution is 0.389. The zero-order chi connectivity index (χ0) is 19.5. The van der Waals surface area contributed by atoms with Gasteiger partial charge in [-0.15, -0.1) is 0 Å². The third kappa shape index (κ3) is 2.62. The maximum absolute atomic E-state index is 13.3. The Kier molecular flexibility index (Phi) is 4.00. The highest BCUT2D eigenvalue weighted by atomic mass is 32.2. The Morgan fingerprint density at radius 1 is 1.15 bits per heavy atom. The second-order valence-corrected chi connectivity index (χ2v) is 8.82. The van der Waals surface area contributed by atoms with Crippen LogP contribution in [0.2, 0.25) is 0 Å². The Morgan fingerprint density at radius 3 is 2.48 bits per heavy atom. The quantitative estimate of drug-likeness (QED) is 0.730. The average molecular weight is 390 g/mol. The second kappa shape index (κ2) is 6.03. The summed E-state index contributed by atoms with van der Waals surface area (Å²) in [5.74, 6) is 0.667. The molecule has 0 spiro atoms. The van der Waals surface area contributed by atoms with Crippen molar-refractivity contribution in [1.82, 2.24) is 29.4 Å². The van der Waals surface area contributed by atoms with Gasteiger partial charge < -0.3 is 4.52 Å². The highest BCUT2D eigenvalue weighted by molar-refractivity contribution is 7.89. The van der Waals surface area contributed by atoms with E-state index in [1.165, 1.54) is 4.31 Å². The highest BCUT2D eigenvalue weighted by Crippen LogP contribution is 2.34. The van der Waals surface area contributed by atoms with Gasteiger partial charge in [0.25, 0.3) is 0 Å². The fraction of sp³-hybridized carbons (Fsp3) is 0.471. The first-order valence-electron chi connectivity index (χ1n) is 8.71. The molecule has 0 fully saturated rings.